The molecule has 0 aromatic heterocycles. The highest BCUT2D eigenvalue weighted by Crippen LogP contribution is 2.38. The van der Waals surface area contributed by atoms with Crippen LogP contribution in [0.15, 0.2) is 0 Å². The van der Waals surface area contributed by atoms with Crippen LogP contribution in [0.4, 0.5) is 0 Å². The van der Waals surface area contributed by atoms with Crippen LogP contribution in [0.1, 0.15) is 58.8 Å². The maximum absolute atomic E-state index is 5.90. The molecule has 92 valence electrons. The third kappa shape index (κ3) is 2.14. The number of ether oxygens (including phenoxy) is 1. The molecule has 2 saturated heterocycles. The van der Waals surface area contributed by atoms with Crippen molar-refractivity contribution in [2.45, 2.75) is 83.1 Å². The Bertz CT molecular complexity index is 253. The average molecular weight is 223 g/mol. The van der Waals surface area contributed by atoms with E-state index in [1.165, 1.54) is 44.9 Å². The maximum atomic E-state index is 5.90. The molecular weight excluding hydrogens is 198 g/mol. The Morgan fingerprint density at radius 3 is 2.38 bits per heavy atom. The molecule has 1 aliphatic carbocycles. The Balaban J connectivity index is 1.49. The number of hydrogen-bond acceptors (Lipinski definition) is 2. The minimum atomic E-state index is 0.542. The minimum Gasteiger partial charge on any atom is -0.373 e. The predicted molar refractivity (Wildman–Crippen MR) is 65.5 cm³/mol. The number of fused-ring (bicyclic) bond motifs is 2. The van der Waals surface area contributed by atoms with Crippen LogP contribution in [0, 0.1) is 5.41 Å². The standard InChI is InChI=1S/C14H25NO/c1-14(2)7-5-10(6-8-14)15-12-9-11-3-4-13(12)16-11/h10-13,15H,3-9H2,1-2H3. The van der Waals surface area contributed by atoms with Crippen LogP contribution in [-0.2, 0) is 4.74 Å². The third-order valence-corrected chi connectivity index (χ3v) is 4.89. The molecule has 2 nitrogen and oxygen atoms in total. The van der Waals surface area contributed by atoms with Gasteiger partial charge in [-0.15, -0.1) is 0 Å². The van der Waals surface area contributed by atoms with E-state index in [0.717, 1.165) is 6.04 Å². The summed E-state index contributed by atoms with van der Waals surface area (Å²) in [6, 6.07) is 1.44. The lowest BCUT2D eigenvalue weighted by molar-refractivity contribution is 0.0933. The van der Waals surface area contributed by atoms with Gasteiger partial charge in [0.2, 0.25) is 0 Å². The van der Waals surface area contributed by atoms with Gasteiger partial charge in [0, 0.05) is 12.1 Å². The third-order valence-electron chi connectivity index (χ3n) is 4.89. The molecule has 2 heteroatoms. The van der Waals surface area contributed by atoms with Gasteiger partial charge >= 0.3 is 0 Å². The molecule has 3 unspecified atom stereocenters. The molecule has 2 heterocycles. The Hall–Kier alpha value is -0.0800. The van der Waals surface area contributed by atoms with Gasteiger partial charge in [-0.05, 0) is 50.4 Å². The van der Waals surface area contributed by atoms with E-state index in [4.69, 9.17) is 4.74 Å². The molecule has 16 heavy (non-hydrogen) atoms. The Labute approximate surface area is 99.1 Å². The van der Waals surface area contributed by atoms with E-state index in [1.54, 1.807) is 0 Å². The largest absolute Gasteiger partial charge is 0.373 e. The van der Waals surface area contributed by atoms with Gasteiger partial charge in [0.25, 0.3) is 0 Å². The first kappa shape index (κ1) is 11.0. The summed E-state index contributed by atoms with van der Waals surface area (Å²) in [6.45, 7) is 4.81. The lowest BCUT2D eigenvalue weighted by Crippen LogP contribution is -2.46. The van der Waals surface area contributed by atoms with E-state index in [0.29, 0.717) is 23.7 Å². The van der Waals surface area contributed by atoms with Crippen LogP contribution in [-0.4, -0.2) is 24.3 Å². The fourth-order valence-corrected chi connectivity index (χ4v) is 3.68. The summed E-state index contributed by atoms with van der Waals surface area (Å²) in [5.41, 5.74) is 0.587. The van der Waals surface area contributed by atoms with Crippen LogP contribution in [0.5, 0.6) is 0 Å². The summed E-state index contributed by atoms with van der Waals surface area (Å²) >= 11 is 0. The molecule has 3 atom stereocenters. The predicted octanol–water partition coefficient (Wildman–Crippen LogP) is 2.86. The SMILES string of the molecule is CC1(C)CCC(NC2CC3CCC2O3)CC1. The summed E-state index contributed by atoms with van der Waals surface area (Å²) < 4.78 is 5.90. The van der Waals surface area contributed by atoms with Gasteiger partial charge < -0.3 is 10.1 Å². The molecule has 1 N–H and O–H groups in total. The summed E-state index contributed by atoms with van der Waals surface area (Å²) in [7, 11) is 0. The summed E-state index contributed by atoms with van der Waals surface area (Å²) in [4.78, 5) is 0. The summed E-state index contributed by atoms with van der Waals surface area (Å²) in [5, 5.41) is 3.86. The first-order valence-electron chi connectivity index (χ1n) is 7.04. The zero-order valence-electron chi connectivity index (χ0n) is 10.7. The summed E-state index contributed by atoms with van der Waals surface area (Å²) in [6.07, 6.45) is 10.5. The Morgan fingerprint density at radius 2 is 1.81 bits per heavy atom. The van der Waals surface area contributed by atoms with Gasteiger partial charge in [-0.2, -0.15) is 0 Å². The molecule has 0 spiro atoms. The second-order valence-corrected chi connectivity index (χ2v) is 6.82. The Morgan fingerprint density at radius 1 is 1.06 bits per heavy atom. The van der Waals surface area contributed by atoms with Crippen LogP contribution >= 0.6 is 0 Å². The fourth-order valence-electron chi connectivity index (χ4n) is 3.68. The normalized spacial score (nSPS) is 42.8. The molecule has 1 saturated carbocycles. The molecule has 0 amide bonds. The van der Waals surface area contributed by atoms with Gasteiger partial charge in [-0.3, -0.25) is 0 Å². The molecule has 3 rings (SSSR count). The van der Waals surface area contributed by atoms with Gasteiger partial charge in [-0.1, -0.05) is 13.8 Å². The highest BCUT2D eigenvalue weighted by Gasteiger charge is 2.41. The smallest absolute Gasteiger partial charge is 0.0733 e. The first-order valence-corrected chi connectivity index (χ1v) is 7.04. The van der Waals surface area contributed by atoms with Crippen molar-refractivity contribution < 1.29 is 4.74 Å². The monoisotopic (exact) mass is 223 g/mol. The molecule has 0 radical (unpaired) electrons. The van der Waals surface area contributed by atoms with Gasteiger partial charge in [0.15, 0.2) is 0 Å². The lowest BCUT2D eigenvalue weighted by atomic mass is 9.75. The molecule has 0 aromatic carbocycles. The van der Waals surface area contributed by atoms with Crippen molar-refractivity contribution in [1.82, 2.24) is 5.32 Å². The molecule has 3 fully saturated rings. The zero-order valence-corrected chi connectivity index (χ0v) is 10.7. The van der Waals surface area contributed by atoms with Crippen molar-refractivity contribution in [1.29, 1.82) is 0 Å². The zero-order chi connectivity index (χ0) is 11.2. The van der Waals surface area contributed by atoms with Gasteiger partial charge in [0.1, 0.15) is 0 Å². The van der Waals surface area contributed by atoms with E-state index in [2.05, 4.69) is 19.2 Å². The van der Waals surface area contributed by atoms with E-state index >= 15 is 0 Å². The van der Waals surface area contributed by atoms with Gasteiger partial charge in [-0.25, -0.2) is 0 Å². The minimum absolute atomic E-state index is 0.542. The lowest BCUT2D eigenvalue weighted by Gasteiger charge is -2.36. The second kappa shape index (κ2) is 3.99. The quantitative estimate of drug-likeness (QED) is 0.777. The van der Waals surface area contributed by atoms with Crippen LogP contribution in [0.25, 0.3) is 0 Å². The molecule has 3 aliphatic rings. The topological polar surface area (TPSA) is 21.3 Å². The van der Waals surface area contributed by atoms with Crippen molar-refractivity contribution in [2.24, 2.45) is 5.41 Å². The maximum Gasteiger partial charge on any atom is 0.0733 e. The van der Waals surface area contributed by atoms with Crippen molar-refractivity contribution in [3.8, 4) is 0 Å². The Kier molecular flexibility index (Phi) is 2.75. The molecule has 0 aromatic rings. The van der Waals surface area contributed by atoms with Crippen molar-refractivity contribution in [3.05, 3.63) is 0 Å². The molecule has 2 aliphatic heterocycles. The van der Waals surface area contributed by atoms with E-state index < -0.39 is 0 Å². The highest BCUT2D eigenvalue weighted by molar-refractivity contribution is 4.96. The molecule has 2 bridgehead atoms. The highest BCUT2D eigenvalue weighted by atomic mass is 16.5. The van der Waals surface area contributed by atoms with E-state index in [9.17, 15) is 0 Å². The number of nitrogens with one attached hydrogen (secondary N) is 1. The number of rotatable bonds is 2. The van der Waals surface area contributed by atoms with Crippen molar-refractivity contribution >= 4 is 0 Å². The molecular formula is C14H25NO. The fraction of sp³-hybridized carbons (Fsp3) is 1.00. The second-order valence-electron chi connectivity index (χ2n) is 6.82. The van der Waals surface area contributed by atoms with Gasteiger partial charge in [0.05, 0.1) is 12.2 Å². The van der Waals surface area contributed by atoms with Crippen molar-refractivity contribution in [3.63, 3.8) is 0 Å². The van der Waals surface area contributed by atoms with E-state index in [1.807, 2.05) is 0 Å². The van der Waals surface area contributed by atoms with Crippen LogP contribution < -0.4 is 5.32 Å². The van der Waals surface area contributed by atoms with Crippen LogP contribution in [0.2, 0.25) is 0 Å². The summed E-state index contributed by atoms with van der Waals surface area (Å²) in [5.74, 6) is 0. The van der Waals surface area contributed by atoms with E-state index in [-0.39, 0.29) is 0 Å². The van der Waals surface area contributed by atoms with Crippen LogP contribution in [0.3, 0.4) is 0 Å². The number of hydrogen-bond donors (Lipinski definition) is 1. The average Bonchev–Trinajstić information content (AvgIpc) is 2.83. The first-order chi connectivity index (χ1) is 7.62. The van der Waals surface area contributed by atoms with Crippen molar-refractivity contribution in [2.75, 3.05) is 0 Å².